The molecule has 1 heterocycles. The summed E-state index contributed by atoms with van der Waals surface area (Å²) in [7, 11) is 0. The topological polar surface area (TPSA) is 25.2 Å². The first-order valence-electron chi connectivity index (χ1n) is 6.36. The molecule has 0 fully saturated rings. The van der Waals surface area contributed by atoms with Gasteiger partial charge >= 0.3 is 0 Å². The number of hydrogen-bond acceptors (Lipinski definition) is 2. The Balaban J connectivity index is 2.52. The Bertz CT molecular complexity index is 511. The van der Waals surface area contributed by atoms with Crippen molar-refractivity contribution in [1.82, 2.24) is 5.32 Å². The number of benzene rings is 1. The second-order valence-corrected chi connectivity index (χ2v) is 4.81. The second-order valence-electron chi connectivity index (χ2n) is 4.81. The van der Waals surface area contributed by atoms with Crippen LogP contribution in [0, 0.1) is 6.92 Å². The Labute approximate surface area is 103 Å². The highest BCUT2D eigenvalue weighted by Gasteiger charge is 2.14. The maximum atomic E-state index is 6.03. The van der Waals surface area contributed by atoms with E-state index in [2.05, 4.69) is 51.2 Å². The molecular weight excluding hydrogens is 210 g/mol. The molecule has 1 aromatic carbocycles. The second kappa shape index (κ2) is 4.92. The van der Waals surface area contributed by atoms with E-state index in [0.717, 1.165) is 24.4 Å². The van der Waals surface area contributed by atoms with Crippen LogP contribution in [0.5, 0.6) is 0 Å². The minimum Gasteiger partial charge on any atom is -0.459 e. The highest BCUT2D eigenvalue weighted by molar-refractivity contribution is 5.85. The van der Waals surface area contributed by atoms with Gasteiger partial charge in [-0.15, -0.1) is 0 Å². The molecule has 0 radical (unpaired) electrons. The van der Waals surface area contributed by atoms with E-state index in [1.807, 2.05) is 0 Å². The van der Waals surface area contributed by atoms with Gasteiger partial charge < -0.3 is 9.73 Å². The average Bonchev–Trinajstić information content (AvgIpc) is 2.63. The zero-order valence-electron chi connectivity index (χ0n) is 11.1. The van der Waals surface area contributed by atoms with Gasteiger partial charge in [0, 0.05) is 5.39 Å². The van der Waals surface area contributed by atoms with Crippen LogP contribution in [0.4, 0.5) is 0 Å². The summed E-state index contributed by atoms with van der Waals surface area (Å²) >= 11 is 0. The summed E-state index contributed by atoms with van der Waals surface area (Å²) < 4.78 is 6.03. The van der Waals surface area contributed by atoms with Crippen LogP contribution in [-0.2, 0) is 6.54 Å². The number of nitrogens with one attached hydrogen (secondary N) is 1. The van der Waals surface area contributed by atoms with Gasteiger partial charge in [-0.05, 0) is 30.5 Å². The fourth-order valence-electron chi connectivity index (χ4n) is 2.18. The third kappa shape index (κ3) is 2.22. The fourth-order valence-corrected chi connectivity index (χ4v) is 2.18. The normalized spacial score (nSPS) is 11.6. The third-order valence-electron chi connectivity index (χ3n) is 3.25. The standard InChI is InChI=1S/C15H21NO/c1-5-16-9-14-11(4)13-8-6-7-12(10(2)3)15(13)17-14/h6-8,10,16H,5,9H2,1-4H3. The number of para-hydroxylation sites is 1. The molecule has 1 aromatic heterocycles. The SMILES string of the molecule is CCNCc1oc2c(C(C)C)cccc2c1C. The molecule has 2 heteroatoms. The van der Waals surface area contributed by atoms with Crippen LogP contribution in [-0.4, -0.2) is 6.54 Å². The Morgan fingerprint density at radius 1 is 1.29 bits per heavy atom. The Kier molecular flexibility index (Phi) is 3.53. The van der Waals surface area contributed by atoms with E-state index in [-0.39, 0.29) is 0 Å². The minimum absolute atomic E-state index is 0.497. The molecule has 2 nitrogen and oxygen atoms in total. The van der Waals surface area contributed by atoms with Crippen molar-refractivity contribution in [3.8, 4) is 0 Å². The lowest BCUT2D eigenvalue weighted by Gasteiger charge is -2.05. The van der Waals surface area contributed by atoms with Crippen molar-refractivity contribution in [3.63, 3.8) is 0 Å². The van der Waals surface area contributed by atoms with Crippen LogP contribution < -0.4 is 5.32 Å². The van der Waals surface area contributed by atoms with Crippen LogP contribution in [0.2, 0.25) is 0 Å². The zero-order valence-corrected chi connectivity index (χ0v) is 11.1. The molecule has 0 aliphatic rings. The average molecular weight is 231 g/mol. The summed E-state index contributed by atoms with van der Waals surface area (Å²) in [6, 6.07) is 6.43. The lowest BCUT2D eigenvalue weighted by Crippen LogP contribution is -2.11. The summed E-state index contributed by atoms with van der Waals surface area (Å²) in [5.41, 5.74) is 3.63. The van der Waals surface area contributed by atoms with Gasteiger partial charge in [-0.1, -0.05) is 39.0 Å². The molecule has 0 aliphatic carbocycles. The van der Waals surface area contributed by atoms with E-state index in [1.54, 1.807) is 0 Å². The van der Waals surface area contributed by atoms with Gasteiger partial charge in [0.05, 0.1) is 6.54 Å². The van der Waals surface area contributed by atoms with Crippen molar-refractivity contribution in [3.05, 3.63) is 35.1 Å². The van der Waals surface area contributed by atoms with Crippen molar-refractivity contribution < 1.29 is 4.42 Å². The Morgan fingerprint density at radius 2 is 2.06 bits per heavy atom. The first-order valence-corrected chi connectivity index (χ1v) is 6.36. The highest BCUT2D eigenvalue weighted by atomic mass is 16.3. The van der Waals surface area contributed by atoms with Gasteiger partial charge in [-0.25, -0.2) is 0 Å². The Hall–Kier alpha value is -1.28. The van der Waals surface area contributed by atoms with Crippen LogP contribution in [0.15, 0.2) is 22.6 Å². The van der Waals surface area contributed by atoms with E-state index in [0.29, 0.717) is 5.92 Å². The number of aryl methyl sites for hydroxylation is 1. The van der Waals surface area contributed by atoms with Gasteiger partial charge in [0.2, 0.25) is 0 Å². The zero-order chi connectivity index (χ0) is 12.4. The summed E-state index contributed by atoms with van der Waals surface area (Å²) in [5.74, 6) is 1.56. The van der Waals surface area contributed by atoms with E-state index >= 15 is 0 Å². The molecular formula is C15H21NO. The van der Waals surface area contributed by atoms with Crippen molar-refractivity contribution in [2.24, 2.45) is 0 Å². The first-order chi connectivity index (χ1) is 8.15. The largest absolute Gasteiger partial charge is 0.459 e. The number of furan rings is 1. The maximum absolute atomic E-state index is 6.03. The molecule has 0 spiro atoms. The summed E-state index contributed by atoms with van der Waals surface area (Å²) in [6.07, 6.45) is 0. The van der Waals surface area contributed by atoms with Gasteiger partial charge in [-0.2, -0.15) is 0 Å². The van der Waals surface area contributed by atoms with Crippen LogP contribution in [0.1, 0.15) is 43.6 Å². The lowest BCUT2D eigenvalue weighted by molar-refractivity contribution is 0.512. The molecule has 2 aromatic rings. The number of rotatable bonds is 4. The number of hydrogen-bond donors (Lipinski definition) is 1. The van der Waals surface area contributed by atoms with Gasteiger partial charge in [0.1, 0.15) is 11.3 Å². The van der Waals surface area contributed by atoms with Crippen LogP contribution >= 0.6 is 0 Å². The lowest BCUT2D eigenvalue weighted by atomic mass is 10.00. The summed E-state index contributed by atoms with van der Waals surface area (Å²) in [4.78, 5) is 0. The van der Waals surface area contributed by atoms with Crippen molar-refractivity contribution in [2.75, 3.05) is 6.54 Å². The van der Waals surface area contributed by atoms with E-state index in [1.165, 1.54) is 16.5 Å². The minimum atomic E-state index is 0.497. The van der Waals surface area contributed by atoms with E-state index in [4.69, 9.17) is 4.42 Å². The van der Waals surface area contributed by atoms with Crippen LogP contribution in [0.25, 0.3) is 11.0 Å². The monoisotopic (exact) mass is 231 g/mol. The smallest absolute Gasteiger partial charge is 0.138 e. The molecule has 2 rings (SSSR count). The molecule has 0 atom stereocenters. The molecule has 0 saturated heterocycles. The number of fused-ring (bicyclic) bond motifs is 1. The molecule has 0 unspecified atom stereocenters. The molecule has 1 N–H and O–H groups in total. The predicted octanol–water partition coefficient (Wildman–Crippen LogP) is 3.97. The van der Waals surface area contributed by atoms with E-state index in [9.17, 15) is 0 Å². The van der Waals surface area contributed by atoms with Gasteiger partial charge in [0.15, 0.2) is 0 Å². The summed E-state index contributed by atoms with van der Waals surface area (Å²) in [6.45, 7) is 10.4. The molecule has 0 amide bonds. The molecule has 0 aliphatic heterocycles. The first kappa shape index (κ1) is 12.2. The Morgan fingerprint density at radius 3 is 2.71 bits per heavy atom. The van der Waals surface area contributed by atoms with Crippen LogP contribution in [0.3, 0.4) is 0 Å². The summed E-state index contributed by atoms with van der Waals surface area (Å²) in [5, 5.41) is 4.58. The molecule has 0 saturated carbocycles. The predicted molar refractivity (Wildman–Crippen MR) is 72.4 cm³/mol. The van der Waals surface area contributed by atoms with E-state index < -0.39 is 0 Å². The molecule has 92 valence electrons. The van der Waals surface area contributed by atoms with Crippen molar-refractivity contribution in [1.29, 1.82) is 0 Å². The third-order valence-corrected chi connectivity index (χ3v) is 3.25. The maximum Gasteiger partial charge on any atom is 0.138 e. The molecule has 0 bridgehead atoms. The highest BCUT2D eigenvalue weighted by Crippen LogP contribution is 2.31. The van der Waals surface area contributed by atoms with Crippen molar-refractivity contribution in [2.45, 2.75) is 40.2 Å². The molecule has 17 heavy (non-hydrogen) atoms. The quantitative estimate of drug-likeness (QED) is 0.861. The fraction of sp³-hybridized carbons (Fsp3) is 0.467. The van der Waals surface area contributed by atoms with Gasteiger partial charge in [0.25, 0.3) is 0 Å². The van der Waals surface area contributed by atoms with Gasteiger partial charge in [-0.3, -0.25) is 0 Å². The van der Waals surface area contributed by atoms with Crippen molar-refractivity contribution >= 4 is 11.0 Å².